The predicted octanol–water partition coefficient (Wildman–Crippen LogP) is 3.72. The lowest BCUT2D eigenvalue weighted by Crippen LogP contribution is -2.45. The van der Waals surface area contributed by atoms with E-state index in [0.717, 1.165) is 5.39 Å². The molecule has 5 nitrogen and oxygen atoms in total. The van der Waals surface area contributed by atoms with Gasteiger partial charge in [-0.1, -0.05) is 18.2 Å². The van der Waals surface area contributed by atoms with Crippen LogP contribution in [0.2, 0.25) is 0 Å². The number of nitrogens with zero attached hydrogens (tertiary/aromatic N) is 2. The van der Waals surface area contributed by atoms with E-state index in [-0.39, 0.29) is 11.6 Å². The van der Waals surface area contributed by atoms with Crippen LogP contribution >= 0.6 is 0 Å². The van der Waals surface area contributed by atoms with Crippen molar-refractivity contribution in [2.24, 2.45) is 0 Å². The number of para-hydroxylation sites is 1. The van der Waals surface area contributed by atoms with Crippen LogP contribution < -0.4 is 4.90 Å². The Hall–Kier alpha value is -2.43. The zero-order valence-electron chi connectivity index (χ0n) is 12.5. The van der Waals surface area contributed by atoms with E-state index in [2.05, 4.69) is 4.98 Å². The van der Waals surface area contributed by atoms with Gasteiger partial charge < -0.3 is 5.11 Å². The fraction of sp³-hybridized carbons (Fsp3) is 0.312. The maximum atomic E-state index is 11.9. The fourth-order valence-corrected chi connectivity index (χ4v) is 2.30. The lowest BCUT2D eigenvalue weighted by molar-refractivity contribution is 0.101. The van der Waals surface area contributed by atoms with E-state index in [1.165, 1.54) is 11.8 Å². The third kappa shape index (κ3) is 2.86. The number of amides is 1. The largest absolute Gasteiger partial charge is 0.465 e. The van der Waals surface area contributed by atoms with Crippen LogP contribution in [0.5, 0.6) is 0 Å². The molecule has 110 valence electrons. The van der Waals surface area contributed by atoms with Crippen LogP contribution in [0.3, 0.4) is 0 Å². The highest BCUT2D eigenvalue weighted by molar-refractivity contribution is 6.07. The molecule has 0 radical (unpaired) electrons. The van der Waals surface area contributed by atoms with Gasteiger partial charge in [0.15, 0.2) is 5.78 Å². The monoisotopic (exact) mass is 286 g/mol. The first-order valence-electron chi connectivity index (χ1n) is 6.65. The van der Waals surface area contributed by atoms with Gasteiger partial charge in [0.05, 0.1) is 5.52 Å². The third-order valence-electron chi connectivity index (χ3n) is 3.17. The van der Waals surface area contributed by atoms with Gasteiger partial charge in [0.1, 0.15) is 5.82 Å². The highest BCUT2D eigenvalue weighted by Crippen LogP contribution is 2.27. The molecule has 2 rings (SSSR count). The minimum absolute atomic E-state index is 0.117. The third-order valence-corrected chi connectivity index (χ3v) is 3.17. The minimum atomic E-state index is -1.10. The van der Waals surface area contributed by atoms with Crippen molar-refractivity contribution in [3.05, 3.63) is 35.9 Å². The lowest BCUT2D eigenvalue weighted by Gasteiger charge is -2.32. The van der Waals surface area contributed by atoms with Crippen LogP contribution in [-0.4, -0.2) is 27.5 Å². The van der Waals surface area contributed by atoms with Crippen molar-refractivity contribution in [2.75, 3.05) is 4.90 Å². The smallest absolute Gasteiger partial charge is 0.413 e. The fourth-order valence-electron chi connectivity index (χ4n) is 2.30. The van der Waals surface area contributed by atoms with Crippen molar-refractivity contribution in [1.29, 1.82) is 0 Å². The summed E-state index contributed by atoms with van der Waals surface area (Å²) in [6.45, 7) is 6.82. The van der Waals surface area contributed by atoms with Gasteiger partial charge in [-0.25, -0.2) is 9.78 Å². The second-order valence-electron chi connectivity index (χ2n) is 5.89. The Morgan fingerprint density at radius 2 is 1.81 bits per heavy atom. The van der Waals surface area contributed by atoms with Gasteiger partial charge in [-0.15, -0.1) is 0 Å². The van der Waals surface area contributed by atoms with Crippen molar-refractivity contribution < 1.29 is 14.7 Å². The number of benzene rings is 1. The SMILES string of the molecule is CC(=O)c1cc(N(C(=O)O)C(C)(C)C)nc2ccccc12. The van der Waals surface area contributed by atoms with Crippen LogP contribution in [-0.2, 0) is 0 Å². The zero-order valence-corrected chi connectivity index (χ0v) is 12.5. The Morgan fingerprint density at radius 3 is 2.33 bits per heavy atom. The molecule has 0 aliphatic carbocycles. The number of aromatic nitrogens is 1. The molecule has 21 heavy (non-hydrogen) atoms. The molecule has 1 aromatic carbocycles. The Balaban J connectivity index is 2.75. The molecule has 0 saturated heterocycles. The van der Waals surface area contributed by atoms with E-state index in [9.17, 15) is 14.7 Å². The van der Waals surface area contributed by atoms with Gasteiger partial charge in [-0.3, -0.25) is 9.69 Å². The molecule has 0 atom stereocenters. The number of ketones is 1. The number of rotatable bonds is 2. The minimum Gasteiger partial charge on any atom is -0.465 e. The highest BCUT2D eigenvalue weighted by Gasteiger charge is 2.29. The molecule has 2 aromatic rings. The maximum absolute atomic E-state index is 11.9. The molecular weight excluding hydrogens is 268 g/mol. The summed E-state index contributed by atoms with van der Waals surface area (Å²) in [5, 5.41) is 10.2. The number of hydrogen-bond acceptors (Lipinski definition) is 3. The summed E-state index contributed by atoms with van der Waals surface area (Å²) in [7, 11) is 0. The molecule has 0 aliphatic rings. The van der Waals surface area contributed by atoms with Crippen molar-refractivity contribution in [1.82, 2.24) is 4.98 Å². The quantitative estimate of drug-likeness (QED) is 0.854. The van der Waals surface area contributed by atoms with Gasteiger partial charge in [0.2, 0.25) is 0 Å². The van der Waals surface area contributed by atoms with Gasteiger partial charge in [-0.2, -0.15) is 0 Å². The molecule has 0 unspecified atom stereocenters. The second-order valence-corrected chi connectivity index (χ2v) is 5.89. The summed E-state index contributed by atoms with van der Waals surface area (Å²) in [5.41, 5.74) is 0.428. The van der Waals surface area contributed by atoms with Gasteiger partial charge in [-0.05, 0) is 39.8 Å². The molecule has 0 spiro atoms. The number of anilines is 1. The number of hydrogen-bond donors (Lipinski definition) is 1. The van der Waals surface area contributed by atoms with E-state index in [0.29, 0.717) is 11.1 Å². The standard InChI is InChI=1S/C16H18N2O3/c1-10(19)12-9-14(18(15(20)21)16(2,3)4)17-13-8-6-5-7-11(12)13/h5-9H,1-4H3,(H,20,21). The van der Waals surface area contributed by atoms with Gasteiger partial charge >= 0.3 is 6.09 Å². The van der Waals surface area contributed by atoms with E-state index in [4.69, 9.17) is 0 Å². The first-order valence-corrected chi connectivity index (χ1v) is 6.65. The Labute approximate surface area is 123 Å². The molecule has 0 aliphatic heterocycles. The van der Waals surface area contributed by atoms with Crippen LogP contribution in [0.1, 0.15) is 38.1 Å². The molecule has 0 saturated carbocycles. The van der Waals surface area contributed by atoms with E-state index in [1.807, 2.05) is 18.2 Å². The molecule has 1 N–H and O–H groups in total. The first kappa shape index (κ1) is 15.0. The number of carbonyl (C=O) groups excluding carboxylic acids is 1. The van der Waals surface area contributed by atoms with Crippen molar-refractivity contribution in [2.45, 2.75) is 33.2 Å². The molecule has 5 heteroatoms. The van der Waals surface area contributed by atoms with Gasteiger partial charge in [0.25, 0.3) is 0 Å². The van der Waals surface area contributed by atoms with Gasteiger partial charge in [0, 0.05) is 16.5 Å². The second kappa shape index (κ2) is 5.16. The summed E-state index contributed by atoms with van der Waals surface area (Å²) in [6.07, 6.45) is -1.10. The topological polar surface area (TPSA) is 70.5 Å². The summed E-state index contributed by atoms with van der Waals surface area (Å²) in [4.78, 5) is 29.0. The summed E-state index contributed by atoms with van der Waals surface area (Å²) < 4.78 is 0. The van der Waals surface area contributed by atoms with E-state index >= 15 is 0 Å². The summed E-state index contributed by atoms with van der Waals surface area (Å²) in [5.74, 6) is 0.146. The molecule has 0 fully saturated rings. The number of pyridine rings is 1. The lowest BCUT2D eigenvalue weighted by atomic mass is 10.0. The predicted molar refractivity (Wildman–Crippen MR) is 82.0 cm³/mol. The molecular formula is C16H18N2O3. The summed E-state index contributed by atoms with van der Waals surface area (Å²) in [6, 6.07) is 8.77. The highest BCUT2D eigenvalue weighted by atomic mass is 16.4. The maximum Gasteiger partial charge on any atom is 0.413 e. The average Bonchev–Trinajstić information content (AvgIpc) is 2.35. The number of carbonyl (C=O) groups is 2. The van der Waals surface area contributed by atoms with Crippen molar-refractivity contribution in [3.8, 4) is 0 Å². The Morgan fingerprint density at radius 1 is 1.19 bits per heavy atom. The molecule has 0 bridgehead atoms. The normalized spacial score (nSPS) is 11.4. The Kier molecular flexibility index (Phi) is 3.68. The van der Waals surface area contributed by atoms with E-state index in [1.54, 1.807) is 32.9 Å². The molecule has 1 heterocycles. The van der Waals surface area contributed by atoms with Crippen LogP contribution in [0.15, 0.2) is 30.3 Å². The van der Waals surface area contributed by atoms with E-state index < -0.39 is 11.6 Å². The molecule has 1 amide bonds. The number of fused-ring (bicyclic) bond motifs is 1. The summed E-state index contributed by atoms with van der Waals surface area (Å²) >= 11 is 0. The van der Waals surface area contributed by atoms with Crippen molar-refractivity contribution >= 4 is 28.6 Å². The number of Topliss-reactive ketones (excluding diaryl/α,β-unsaturated/α-hetero) is 1. The Bertz CT molecular complexity index is 717. The van der Waals surface area contributed by atoms with Crippen LogP contribution in [0.25, 0.3) is 10.9 Å². The van der Waals surface area contributed by atoms with Crippen LogP contribution in [0, 0.1) is 0 Å². The first-order chi connectivity index (χ1) is 9.71. The number of carboxylic acid groups (broad SMARTS) is 1. The zero-order chi connectivity index (χ0) is 15.8. The van der Waals surface area contributed by atoms with Crippen LogP contribution in [0.4, 0.5) is 10.6 Å². The average molecular weight is 286 g/mol. The van der Waals surface area contributed by atoms with Crippen molar-refractivity contribution in [3.63, 3.8) is 0 Å². The molecule has 1 aromatic heterocycles.